The van der Waals surface area contributed by atoms with E-state index in [0.29, 0.717) is 31.1 Å². The molecule has 8 heteroatoms. The van der Waals surface area contributed by atoms with Gasteiger partial charge in [-0.2, -0.15) is 0 Å². The molecule has 1 heterocycles. The molecule has 1 fully saturated rings. The van der Waals surface area contributed by atoms with Crippen LogP contribution in [0.15, 0.2) is 36.0 Å². The number of rotatable bonds is 7. The average molecular weight is 403 g/mol. The number of carbonyl (C=O) groups excluding carboxylic acids is 3. The Bertz CT molecular complexity index is 750. The molecule has 1 aromatic carbocycles. The Hall–Kier alpha value is -3.03. The van der Waals surface area contributed by atoms with E-state index in [1.54, 1.807) is 0 Å². The van der Waals surface area contributed by atoms with Gasteiger partial charge in [0.2, 0.25) is 5.91 Å². The van der Waals surface area contributed by atoms with E-state index in [4.69, 9.17) is 0 Å². The van der Waals surface area contributed by atoms with Gasteiger partial charge >= 0.3 is 11.9 Å². The Balaban J connectivity index is 1.98. The summed E-state index contributed by atoms with van der Waals surface area (Å²) in [7, 11) is 2.47. The third-order valence-electron chi connectivity index (χ3n) is 4.60. The number of benzene rings is 1. The zero-order valence-electron chi connectivity index (χ0n) is 17.4. The van der Waals surface area contributed by atoms with Gasteiger partial charge in [-0.3, -0.25) is 4.79 Å². The van der Waals surface area contributed by atoms with Gasteiger partial charge in [0.1, 0.15) is 5.70 Å². The molecule has 158 valence electrons. The van der Waals surface area contributed by atoms with Crippen LogP contribution in [0.25, 0.3) is 0 Å². The third-order valence-corrected chi connectivity index (χ3v) is 4.60. The lowest BCUT2D eigenvalue weighted by Crippen LogP contribution is -2.49. The van der Waals surface area contributed by atoms with Crippen LogP contribution in [0.1, 0.15) is 20.3 Å². The van der Waals surface area contributed by atoms with Crippen molar-refractivity contribution in [2.24, 2.45) is 5.92 Å². The molecule has 1 aliphatic rings. The molecule has 0 aromatic heterocycles. The molecule has 8 nitrogen and oxygen atoms in total. The van der Waals surface area contributed by atoms with Crippen molar-refractivity contribution in [2.45, 2.75) is 20.3 Å². The molecule has 1 saturated heterocycles. The molecule has 0 radical (unpaired) electrons. The molecular formula is C21H29N3O5. The highest BCUT2D eigenvalue weighted by Crippen LogP contribution is 2.21. The summed E-state index contributed by atoms with van der Waals surface area (Å²) in [6, 6.07) is 7.50. The van der Waals surface area contributed by atoms with Gasteiger partial charge < -0.3 is 24.6 Å². The van der Waals surface area contributed by atoms with Crippen molar-refractivity contribution in [3.63, 3.8) is 0 Å². The summed E-state index contributed by atoms with van der Waals surface area (Å²) < 4.78 is 9.24. The number of hydrogen-bond donors (Lipinski definition) is 1. The summed E-state index contributed by atoms with van der Waals surface area (Å²) >= 11 is 0. The van der Waals surface area contributed by atoms with Crippen LogP contribution in [0.5, 0.6) is 0 Å². The predicted molar refractivity (Wildman–Crippen MR) is 110 cm³/mol. The maximum Gasteiger partial charge on any atom is 0.354 e. The van der Waals surface area contributed by atoms with Crippen LogP contribution in [0.2, 0.25) is 0 Å². The van der Waals surface area contributed by atoms with Gasteiger partial charge in [0, 0.05) is 44.0 Å². The van der Waals surface area contributed by atoms with Gasteiger partial charge in [0.05, 0.1) is 20.3 Å². The van der Waals surface area contributed by atoms with Crippen molar-refractivity contribution < 1.29 is 23.9 Å². The maximum absolute atomic E-state index is 12.2. The highest BCUT2D eigenvalue weighted by molar-refractivity contribution is 5.98. The van der Waals surface area contributed by atoms with Crippen LogP contribution >= 0.6 is 0 Å². The van der Waals surface area contributed by atoms with Gasteiger partial charge in [-0.1, -0.05) is 13.8 Å². The number of piperazine rings is 1. The summed E-state index contributed by atoms with van der Waals surface area (Å²) in [6.45, 7) is 7.06. The minimum absolute atomic E-state index is 0.00983. The molecule has 1 N–H and O–H groups in total. The average Bonchev–Trinajstić information content (AvgIpc) is 2.72. The summed E-state index contributed by atoms with van der Waals surface area (Å²) in [4.78, 5) is 39.6. The Labute approximate surface area is 171 Å². The van der Waals surface area contributed by atoms with Crippen molar-refractivity contribution in [1.29, 1.82) is 0 Å². The molecule has 0 spiro atoms. The first kappa shape index (κ1) is 22.3. The number of methoxy groups -OCH3 is 2. The first-order valence-corrected chi connectivity index (χ1v) is 9.61. The normalized spacial score (nSPS) is 14.6. The van der Waals surface area contributed by atoms with Crippen molar-refractivity contribution >= 4 is 29.2 Å². The number of hydrogen-bond acceptors (Lipinski definition) is 7. The topological polar surface area (TPSA) is 88.2 Å². The number of carbonyl (C=O) groups is 3. The number of amides is 1. The second kappa shape index (κ2) is 10.5. The van der Waals surface area contributed by atoms with Crippen molar-refractivity contribution in [3.05, 3.63) is 36.0 Å². The first-order valence-electron chi connectivity index (χ1n) is 9.61. The van der Waals surface area contributed by atoms with Crippen molar-refractivity contribution in [3.8, 4) is 0 Å². The third kappa shape index (κ3) is 6.51. The van der Waals surface area contributed by atoms with E-state index in [0.717, 1.165) is 24.9 Å². The van der Waals surface area contributed by atoms with Crippen LogP contribution in [0.3, 0.4) is 0 Å². The maximum atomic E-state index is 12.2. The molecule has 1 aliphatic heterocycles. The molecule has 29 heavy (non-hydrogen) atoms. The van der Waals surface area contributed by atoms with Gasteiger partial charge in [0.25, 0.3) is 0 Å². The number of esters is 2. The summed E-state index contributed by atoms with van der Waals surface area (Å²) in [5.41, 5.74) is 1.66. The lowest BCUT2D eigenvalue weighted by molar-refractivity contribution is -0.138. The summed E-state index contributed by atoms with van der Waals surface area (Å²) in [5.74, 6) is -0.739. The van der Waals surface area contributed by atoms with Crippen LogP contribution in [-0.2, 0) is 23.9 Å². The van der Waals surface area contributed by atoms with E-state index in [9.17, 15) is 14.4 Å². The molecule has 1 aromatic rings. The molecule has 0 unspecified atom stereocenters. The minimum Gasteiger partial charge on any atom is -0.466 e. The Morgan fingerprint density at radius 2 is 1.66 bits per heavy atom. The largest absolute Gasteiger partial charge is 0.466 e. The van der Waals surface area contributed by atoms with Gasteiger partial charge in [0.15, 0.2) is 0 Å². The zero-order valence-corrected chi connectivity index (χ0v) is 17.4. The monoisotopic (exact) mass is 403 g/mol. The summed E-state index contributed by atoms with van der Waals surface area (Å²) in [5, 5.41) is 2.88. The van der Waals surface area contributed by atoms with Crippen molar-refractivity contribution in [2.75, 3.05) is 50.6 Å². The molecule has 0 atom stereocenters. The second-order valence-electron chi connectivity index (χ2n) is 7.21. The molecule has 0 aliphatic carbocycles. The predicted octanol–water partition coefficient (Wildman–Crippen LogP) is 2.02. The molecule has 1 amide bonds. The van der Waals surface area contributed by atoms with Gasteiger partial charge in [-0.05, 0) is 30.2 Å². The van der Waals surface area contributed by atoms with E-state index >= 15 is 0 Å². The van der Waals surface area contributed by atoms with E-state index in [2.05, 4.69) is 33.5 Å². The van der Waals surface area contributed by atoms with Gasteiger partial charge in [-0.15, -0.1) is 0 Å². The quantitative estimate of drug-likeness (QED) is 0.550. The van der Waals surface area contributed by atoms with Crippen LogP contribution < -0.4 is 10.2 Å². The van der Waals surface area contributed by atoms with Crippen molar-refractivity contribution in [1.82, 2.24) is 4.90 Å². The Morgan fingerprint density at radius 3 is 2.17 bits per heavy atom. The van der Waals surface area contributed by atoms with E-state index in [1.807, 2.05) is 29.2 Å². The SMILES string of the molecule is COC(=O)/C=C(/Nc1ccc(N2CCN(C(=O)CC(C)C)CC2)cc1)C(=O)OC. The summed E-state index contributed by atoms with van der Waals surface area (Å²) in [6.07, 6.45) is 1.63. The van der Waals surface area contributed by atoms with E-state index in [1.165, 1.54) is 14.2 Å². The zero-order chi connectivity index (χ0) is 21.4. The number of nitrogens with zero attached hydrogens (tertiary/aromatic N) is 2. The number of nitrogens with one attached hydrogen (secondary N) is 1. The lowest BCUT2D eigenvalue weighted by atomic mass is 10.1. The fraction of sp³-hybridized carbons (Fsp3) is 0.476. The Kier molecular flexibility index (Phi) is 8.06. The lowest BCUT2D eigenvalue weighted by Gasteiger charge is -2.36. The van der Waals surface area contributed by atoms with Crippen LogP contribution in [0, 0.1) is 5.92 Å². The fourth-order valence-corrected chi connectivity index (χ4v) is 3.04. The molecule has 0 saturated carbocycles. The standard InChI is InChI=1S/C21H29N3O5/c1-15(2)13-19(25)24-11-9-23(10-12-24)17-7-5-16(6-8-17)22-18(21(27)29-4)14-20(26)28-3/h5-8,14-15,22H,9-13H2,1-4H3/b18-14+. The highest BCUT2D eigenvalue weighted by atomic mass is 16.5. The second-order valence-corrected chi connectivity index (χ2v) is 7.21. The van der Waals surface area contributed by atoms with Crippen LogP contribution in [-0.4, -0.2) is 63.1 Å². The fourth-order valence-electron chi connectivity index (χ4n) is 3.04. The van der Waals surface area contributed by atoms with E-state index < -0.39 is 11.9 Å². The highest BCUT2D eigenvalue weighted by Gasteiger charge is 2.21. The number of ether oxygens (including phenoxy) is 2. The Morgan fingerprint density at radius 1 is 1.03 bits per heavy atom. The smallest absolute Gasteiger partial charge is 0.354 e. The van der Waals surface area contributed by atoms with E-state index in [-0.39, 0.29) is 11.6 Å². The molecule has 2 rings (SSSR count). The minimum atomic E-state index is -0.665. The number of anilines is 2. The first-order chi connectivity index (χ1) is 13.8. The molecular weight excluding hydrogens is 374 g/mol. The molecule has 0 bridgehead atoms. The van der Waals surface area contributed by atoms with Gasteiger partial charge in [-0.25, -0.2) is 9.59 Å². The van der Waals surface area contributed by atoms with Crippen LogP contribution in [0.4, 0.5) is 11.4 Å².